The second-order valence-electron chi connectivity index (χ2n) is 7.33. The van der Waals surface area contributed by atoms with Gasteiger partial charge in [-0.25, -0.2) is 9.97 Å². The van der Waals surface area contributed by atoms with Crippen LogP contribution in [-0.4, -0.2) is 68.6 Å². The van der Waals surface area contributed by atoms with Gasteiger partial charge >= 0.3 is 0 Å². The van der Waals surface area contributed by atoms with Crippen LogP contribution in [0.25, 0.3) is 5.65 Å². The molecule has 3 aromatic heterocycles. The quantitative estimate of drug-likeness (QED) is 0.734. The summed E-state index contributed by atoms with van der Waals surface area (Å²) in [4.78, 5) is 25.0. The second-order valence-corrected chi connectivity index (χ2v) is 7.33. The smallest absolute Gasteiger partial charge is 0.291 e. The number of carbonyl (C=O) groups excluding carboxylic acids is 1. The van der Waals surface area contributed by atoms with Crippen LogP contribution in [0.5, 0.6) is 0 Å². The van der Waals surface area contributed by atoms with E-state index in [0.29, 0.717) is 0 Å². The molecular formula is C19H24N8O. The first-order valence-electron chi connectivity index (χ1n) is 9.31. The SMILES string of the molecule is Cc1nc(C(=O)N(C)C)nc(N2CC[C@@H](Nc3cccc4nncn34)C2)c1C. The van der Waals surface area contributed by atoms with Gasteiger partial charge in [-0.2, -0.15) is 0 Å². The van der Waals surface area contributed by atoms with Crippen molar-refractivity contribution in [2.45, 2.75) is 26.3 Å². The van der Waals surface area contributed by atoms with E-state index >= 15 is 0 Å². The molecule has 0 aliphatic carbocycles. The Balaban J connectivity index is 1.55. The fraction of sp³-hybridized carbons (Fsp3) is 0.421. The molecule has 28 heavy (non-hydrogen) atoms. The summed E-state index contributed by atoms with van der Waals surface area (Å²) in [6, 6.07) is 6.18. The van der Waals surface area contributed by atoms with Crippen LogP contribution in [0.4, 0.5) is 11.6 Å². The van der Waals surface area contributed by atoms with Gasteiger partial charge in [0.2, 0.25) is 5.82 Å². The highest BCUT2D eigenvalue weighted by Gasteiger charge is 2.27. The third-order valence-corrected chi connectivity index (χ3v) is 5.13. The van der Waals surface area contributed by atoms with Gasteiger partial charge < -0.3 is 15.1 Å². The lowest BCUT2D eigenvalue weighted by atomic mass is 10.2. The number of pyridine rings is 1. The number of nitrogens with zero attached hydrogens (tertiary/aromatic N) is 7. The van der Waals surface area contributed by atoms with Crippen LogP contribution in [-0.2, 0) is 0 Å². The zero-order valence-corrected chi connectivity index (χ0v) is 16.5. The number of hydrogen-bond acceptors (Lipinski definition) is 7. The summed E-state index contributed by atoms with van der Waals surface area (Å²) in [5.41, 5.74) is 2.66. The van der Waals surface area contributed by atoms with Crippen molar-refractivity contribution >= 4 is 23.2 Å². The zero-order chi connectivity index (χ0) is 19.8. The molecule has 9 heteroatoms. The molecule has 1 aliphatic heterocycles. The van der Waals surface area contributed by atoms with Crippen molar-refractivity contribution in [3.63, 3.8) is 0 Å². The monoisotopic (exact) mass is 380 g/mol. The van der Waals surface area contributed by atoms with Crippen LogP contribution in [0, 0.1) is 13.8 Å². The Morgan fingerprint density at radius 2 is 2.07 bits per heavy atom. The Morgan fingerprint density at radius 3 is 2.86 bits per heavy atom. The van der Waals surface area contributed by atoms with Crippen molar-refractivity contribution in [1.29, 1.82) is 0 Å². The van der Waals surface area contributed by atoms with Gasteiger partial charge in [0, 0.05) is 44.5 Å². The van der Waals surface area contributed by atoms with E-state index < -0.39 is 0 Å². The third-order valence-electron chi connectivity index (χ3n) is 5.13. The van der Waals surface area contributed by atoms with Gasteiger partial charge in [-0.15, -0.1) is 10.2 Å². The summed E-state index contributed by atoms with van der Waals surface area (Å²) in [5, 5.41) is 11.6. The zero-order valence-electron chi connectivity index (χ0n) is 16.5. The number of nitrogens with one attached hydrogen (secondary N) is 1. The molecule has 0 bridgehead atoms. The third kappa shape index (κ3) is 3.23. The van der Waals surface area contributed by atoms with E-state index in [0.717, 1.165) is 48.1 Å². The highest BCUT2D eigenvalue weighted by Crippen LogP contribution is 2.25. The van der Waals surface area contributed by atoms with E-state index in [1.165, 1.54) is 4.90 Å². The molecule has 1 aliphatic rings. The Labute approximate surface area is 163 Å². The molecule has 0 aromatic carbocycles. The molecular weight excluding hydrogens is 356 g/mol. The van der Waals surface area contributed by atoms with E-state index in [1.54, 1.807) is 20.4 Å². The van der Waals surface area contributed by atoms with Crippen molar-refractivity contribution in [2.24, 2.45) is 0 Å². The van der Waals surface area contributed by atoms with Crippen molar-refractivity contribution in [1.82, 2.24) is 29.5 Å². The van der Waals surface area contributed by atoms with Crippen molar-refractivity contribution in [3.8, 4) is 0 Å². The van der Waals surface area contributed by atoms with Crippen LogP contribution >= 0.6 is 0 Å². The summed E-state index contributed by atoms with van der Waals surface area (Å²) < 4.78 is 1.94. The molecule has 4 rings (SSSR count). The van der Waals surface area contributed by atoms with Crippen molar-refractivity contribution < 1.29 is 4.79 Å². The molecule has 1 atom stereocenters. The maximum absolute atomic E-state index is 12.3. The van der Waals surface area contributed by atoms with Gasteiger partial charge in [-0.05, 0) is 32.4 Å². The lowest BCUT2D eigenvalue weighted by molar-refractivity contribution is 0.0815. The van der Waals surface area contributed by atoms with E-state index in [9.17, 15) is 4.79 Å². The number of aryl methyl sites for hydroxylation is 1. The summed E-state index contributed by atoms with van der Waals surface area (Å²) >= 11 is 0. The fourth-order valence-electron chi connectivity index (χ4n) is 3.46. The van der Waals surface area contributed by atoms with Crippen LogP contribution in [0.2, 0.25) is 0 Å². The summed E-state index contributed by atoms with van der Waals surface area (Å²) in [5.74, 6) is 1.86. The lowest BCUT2D eigenvalue weighted by Crippen LogP contribution is -2.30. The molecule has 9 nitrogen and oxygen atoms in total. The largest absolute Gasteiger partial charge is 0.367 e. The lowest BCUT2D eigenvalue weighted by Gasteiger charge is -2.22. The number of aromatic nitrogens is 5. The number of amides is 1. The van der Waals surface area contributed by atoms with Crippen LogP contribution in [0.3, 0.4) is 0 Å². The fourth-order valence-corrected chi connectivity index (χ4v) is 3.46. The van der Waals surface area contributed by atoms with Crippen molar-refractivity contribution in [2.75, 3.05) is 37.4 Å². The molecule has 1 amide bonds. The summed E-state index contributed by atoms with van der Waals surface area (Å²) in [6.45, 7) is 5.59. The minimum atomic E-state index is -0.183. The van der Waals surface area contributed by atoms with Gasteiger partial charge in [-0.1, -0.05) is 6.07 Å². The summed E-state index contributed by atoms with van der Waals surface area (Å²) in [7, 11) is 3.42. The van der Waals surface area contributed by atoms with Gasteiger partial charge in [0.1, 0.15) is 18.0 Å². The predicted molar refractivity (Wildman–Crippen MR) is 107 cm³/mol. The average Bonchev–Trinajstić information content (AvgIpc) is 3.33. The van der Waals surface area contributed by atoms with Gasteiger partial charge in [0.15, 0.2) is 5.65 Å². The van der Waals surface area contributed by atoms with E-state index in [2.05, 4.69) is 30.4 Å². The first kappa shape index (κ1) is 18.1. The highest BCUT2D eigenvalue weighted by molar-refractivity contribution is 5.90. The standard InChI is InChI=1S/C19H24N8O/c1-12-13(2)21-17(19(28)25(3)4)23-18(12)26-9-8-14(10-26)22-15-6-5-7-16-24-20-11-27(15)16/h5-7,11,14,22H,8-10H2,1-4H3/t14-/m1/s1. The molecule has 0 spiro atoms. The van der Waals surface area contributed by atoms with E-state index in [1.807, 2.05) is 36.4 Å². The number of hydrogen-bond donors (Lipinski definition) is 1. The number of fused-ring (bicyclic) bond motifs is 1. The Bertz CT molecular complexity index is 1030. The Kier molecular flexibility index (Phi) is 4.58. The molecule has 1 N–H and O–H groups in total. The molecule has 146 valence electrons. The molecule has 0 unspecified atom stereocenters. The number of anilines is 2. The average molecular weight is 380 g/mol. The van der Waals surface area contributed by atoms with Crippen LogP contribution < -0.4 is 10.2 Å². The first-order valence-corrected chi connectivity index (χ1v) is 9.31. The van der Waals surface area contributed by atoms with E-state index in [4.69, 9.17) is 0 Å². The van der Waals surface area contributed by atoms with Crippen molar-refractivity contribution in [3.05, 3.63) is 41.6 Å². The molecule has 0 saturated carbocycles. The van der Waals surface area contributed by atoms with Gasteiger partial charge in [0.05, 0.1) is 0 Å². The molecule has 1 fully saturated rings. The maximum atomic E-state index is 12.3. The minimum absolute atomic E-state index is 0.183. The molecule has 0 radical (unpaired) electrons. The Morgan fingerprint density at radius 1 is 1.25 bits per heavy atom. The normalized spacial score (nSPS) is 16.6. The highest BCUT2D eigenvalue weighted by atomic mass is 16.2. The predicted octanol–water partition coefficient (Wildman–Crippen LogP) is 1.53. The minimum Gasteiger partial charge on any atom is -0.367 e. The van der Waals surface area contributed by atoms with E-state index in [-0.39, 0.29) is 17.8 Å². The molecule has 4 heterocycles. The van der Waals surface area contributed by atoms with Crippen LogP contribution in [0.1, 0.15) is 28.3 Å². The van der Waals surface area contributed by atoms with Gasteiger partial charge in [0.25, 0.3) is 5.91 Å². The second kappa shape index (κ2) is 7.06. The van der Waals surface area contributed by atoms with Gasteiger partial charge in [-0.3, -0.25) is 9.20 Å². The number of rotatable bonds is 4. The maximum Gasteiger partial charge on any atom is 0.291 e. The molecule has 1 saturated heterocycles. The number of carbonyl (C=O) groups is 1. The molecule has 3 aromatic rings. The first-order chi connectivity index (χ1) is 13.4. The Hall–Kier alpha value is -3.23. The van der Waals surface area contributed by atoms with Crippen LogP contribution in [0.15, 0.2) is 24.5 Å². The topological polar surface area (TPSA) is 91.5 Å². The summed E-state index contributed by atoms with van der Waals surface area (Å²) in [6.07, 6.45) is 2.68.